The van der Waals surface area contributed by atoms with Crippen LogP contribution in [0.4, 0.5) is 0 Å². The molecular formula is C17H17N3OS2. The summed E-state index contributed by atoms with van der Waals surface area (Å²) in [4.78, 5) is 3.72. The molecule has 0 fully saturated rings. The number of thiophene rings is 1. The minimum atomic E-state index is 0.412. The quantitative estimate of drug-likeness (QED) is 0.653. The molecule has 0 spiro atoms. The highest BCUT2D eigenvalue weighted by molar-refractivity contribution is 7.71. The molecule has 4 nitrogen and oxygen atoms in total. The second-order valence-electron chi connectivity index (χ2n) is 5.80. The predicted molar refractivity (Wildman–Crippen MR) is 93.9 cm³/mol. The van der Waals surface area contributed by atoms with Crippen LogP contribution in [-0.2, 0) is 13.1 Å². The molecule has 0 saturated carbocycles. The van der Waals surface area contributed by atoms with Gasteiger partial charge in [-0.3, -0.25) is 4.90 Å². The highest BCUT2D eigenvalue weighted by Gasteiger charge is 2.26. The van der Waals surface area contributed by atoms with Crippen LogP contribution in [0.3, 0.4) is 0 Å². The number of rotatable bonds is 4. The first-order valence-corrected chi connectivity index (χ1v) is 8.91. The van der Waals surface area contributed by atoms with Gasteiger partial charge in [0.1, 0.15) is 0 Å². The van der Waals surface area contributed by atoms with Crippen molar-refractivity contribution < 1.29 is 4.42 Å². The van der Waals surface area contributed by atoms with E-state index in [0.717, 1.165) is 17.7 Å². The molecular weight excluding hydrogens is 326 g/mol. The van der Waals surface area contributed by atoms with Gasteiger partial charge in [-0.25, -0.2) is 4.68 Å². The van der Waals surface area contributed by atoms with Gasteiger partial charge >= 0.3 is 0 Å². The summed E-state index contributed by atoms with van der Waals surface area (Å²) in [6, 6.07) is 13.1. The van der Waals surface area contributed by atoms with Crippen molar-refractivity contribution in [3.05, 3.63) is 57.7 Å². The minimum Gasteiger partial charge on any atom is -0.408 e. The van der Waals surface area contributed by atoms with E-state index in [1.807, 2.05) is 17.5 Å². The first-order valence-electron chi connectivity index (χ1n) is 7.62. The fourth-order valence-electron chi connectivity index (χ4n) is 3.20. The van der Waals surface area contributed by atoms with Gasteiger partial charge in [-0.2, -0.15) is 0 Å². The molecule has 1 aliphatic carbocycles. The van der Waals surface area contributed by atoms with Crippen LogP contribution in [0.2, 0.25) is 0 Å². The highest BCUT2D eigenvalue weighted by atomic mass is 32.1. The Morgan fingerprint density at radius 1 is 1.35 bits per heavy atom. The van der Waals surface area contributed by atoms with Gasteiger partial charge in [0.05, 0.1) is 11.5 Å². The third kappa shape index (κ3) is 2.78. The molecule has 4 rings (SSSR count). The van der Waals surface area contributed by atoms with Gasteiger partial charge in [0, 0.05) is 6.04 Å². The fraction of sp³-hybridized carbons (Fsp3) is 0.294. The summed E-state index contributed by atoms with van der Waals surface area (Å²) in [6.07, 6.45) is 2.27. The molecule has 1 atom stereocenters. The lowest BCUT2D eigenvalue weighted by molar-refractivity contribution is 0.180. The Labute approximate surface area is 144 Å². The van der Waals surface area contributed by atoms with Crippen molar-refractivity contribution >= 4 is 23.6 Å². The zero-order valence-corrected chi connectivity index (χ0v) is 14.4. The molecule has 2 aromatic heterocycles. The number of fused-ring (bicyclic) bond motifs is 1. The molecule has 2 heterocycles. The number of aryl methyl sites for hydroxylation is 1. The predicted octanol–water partition coefficient (Wildman–Crippen LogP) is 4.51. The zero-order chi connectivity index (χ0) is 15.8. The summed E-state index contributed by atoms with van der Waals surface area (Å²) in [6.45, 7) is 0.632. The van der Waals surface area contributed by atoms with E-state index in [2.05, 4.69) is 41.3 Å². The van der Waals surface area contributed by atoms with E-state index >= 15 is 0 Å². The molecule has 0 amide bonds. The Hall–Kier alpha value is -1.76. The Morgan fingerprint density at radius 3 is 3.04 bits per heavy atom. The van der Waals surface area contributed by atoms with E-state index < -0.39 is 0 Å². The molecule has 6 heteroatoms. The van der Waals surface area contributed by atoms with Crippen molar-refractivity contribution in [3.8, 4) is 10.8 Å². The summed E-state index contributed by atoms with van der Waals surface area (Å²) in [7, 11) is 2.12. The topological polar surface area (TPSA) is 34.2 Å². The Morgan fingerprint density at radius 2 is 2.22 bits per heavy atom. The van der Waals surface area contributed by atoms with Crippen LogP contribution in [0.1, 0.15) is 23.6 Å². The zero-order valence-electron chi connectivity index (χ0n) is 12.8. The Bertz CT molecular complexity index is 866. The van der Waals surface area contributed by atoms with Crippen LogP contribution < -0.4 is 0 Å². The van der Waals surface area contributed by atoms with Crippen LogP contribution in [0.5, 0.6) is 0 Å². The third-order valence-corrected chi connectivity index (χ3v) is 5.48. The molecule has 1 unspecified atom stereocenters. The standard InChI is InChI=1S/C17H17N3OS2/c1-19(14-9-8-12-5-2-3-6-13(12)14)11-20-17(22)21-16(18-20)15-7-4-10-23-15/h2-7,10,14H,8-9,11H2,1H3. The number of hydrogen-bond donors (Lipinski definition) is 0. The number of nitrogens with zero attached hydrogens (tertiary/aromatic N) is 3. The van der Waals surface area contributed by atoms with Gasteiger partial charge in [-0.05, 0) is 54.7 Å². The maximum Gasteiger partial charge on any atom is 0.288 e. The van der Waals surface area contributed by atoms with Crippen LogP contribution in [0, 0.1) is 4.84 Å². The summed E-state index contributed by atoms with van der Waals surface area (Å²) in [5, 5.41) is 6.54. The molecule has 0 N–H and O–H groups in total. The third-order valence-electron chi connectivity index (χ3n) is 4.33. The van der Waals surface area contributed by atoms with Crippen molar-refractivity contribution in [2.75, 3.05) is 7.05 Å². The molecule has 1 aromatic carbocycles. The number of benzene rings is 1. The van der Waals surface area contributed by atoms with Crippen LogP contribution in [0.15, 0.2) is 46.2 Å². The highest BCUT2D eigenvalue weighted by Crippen LogP contribution is 2.35. The van der Waals surface area contributed by atoms with Crippen LogP contribution in [-0.4, -0.2) is 21.7 Å². The second kappa shape index (κ2) is 6.03. The smallest absolute Gasteiger partial charge is 0.288 e. The van der Waals surface area contributed by atoms with Crippen molar-refractivity contribution in [2.45, 2.75) is 25.6 Å². The first kappa shape index (κ1) is 14.8. The second-order valence-corrected chi connectivity index (χ2v) is 7.10. The van der Waals surface area contributed by atoms with E-state index in [4.69, 9.17) is 16.6 Å². The Kier molecular flexibility index (Phi) is 3.88. The average Bonchev–Trinajstić information content (AvgIpc) is 3.27. The minimum absolute atomic E-state index is 0.412. The van der Waals surface area contributed by atoms with Crippen molar-refractivity contribution in [1.29, 1.82) is 0 Å². The summed E-state index contributed by atoms with van der Waals surface area (Å²) >= 11 is 6.93. The molecule has 1 aliphatic rings. The average molecular weight is 343 g/mol. The lowest BCUT2D eigenvalue weighted by Gasteiger charge is -2.24. The van der Waals surface area contributed by atoms with Crippen molar-refractivity contribution in [1.82, 2.24) is 14.7 Å². The van der Waals surface area contributed by atoms with Crippen molar-refractivity contribution in [2.24, 2.45) is 0 Å². The molecule has 0 bridgehead atoms. The molecule has 0 radical (unpaired) electrons. The van der Waals surface area contributed by atoms with E-state index in [1.165, 1.54) is 11.1 Å². The van der Waals surface area contributed by atoms with E-state index in [0.29, 0.717) is 23.4 Å². The summed E-state index contributed by atoms with van der Waals surface area (Å²) < 4.78 is 7.41. The molecule has 0 aliphatic heterocycles. The van der Waals surface area contributed by atoms with Gasteiger partial charge in [0.25, 0.3) is 10.7 Å². The fourth-order valence-corrected chi connectivity index (χ4v) is 4.02. The monoisotopic (exact) mass is 343 g/mol. The molecule has 23 heavy (non-hydrogen) atoms. The lowest BCUT2D eigenvalue weighted by Crippen LogP contribution is -2.26. The maximum absolute atomic E-state index is 5.64. The van der Waals surface area contributed by atoms with E-state index in [9.17, 15) is 0 Å². The van der Waals surface area contributed by atoms with Gasteiger partial charge in [0.15, 0.2) is 0 Å². The molecule has 118 valence electrons. The van der Waals surface area contributed by atoms with E-state index in [-0.39, 0.29) is 0 Å². The van der Waals surface area contributed by atoms with Gasteiger partial charge in [-0.1, -0.05) is 30.3 Å². The van der Waals surface area contributed by atoms with Crippen LogP contribution >= 0.6 is 23.6 Å². The van der Waals surface area contributed by atoms with Gasteiger partial charge < -0.3 is 4.42 Å². The molecule has 3 aromatic rings. The van der Waals surface area contributed by atoms with Gasteiger partial charge in [0.2, 0.25) is 0 Å². The lowest BCUT2D eigenvalue weighted by atomic mass is 10.1. The summed E-state index contributed by atoms with van der Waals surface area (Å²) in [5.74, 6) is 0.602. The number of hydrogen-bond acceptors (Lipinski definition) is 5. The summed E-state index contributed by atoms with van der Waals surface area (Å²) in [5.41, 5.74) is 2.87. The Balaban J connectivity index is 1.56. The van der Waals surface area contributed by atoms with Crippen LogP contribution in [0.25, 0.3) is 10.8 Å². The SMILES string of the molecule is CN(Cn1nc(-c2cccs2)oc1=S)C1CCc2ccccc21. The molecule has 0 saturated heterocycles. The van der Waals surface area contributed by atoms with Gasteiger partial charge in [-0.15, -0.1) is 16.4 Å². The normalized spacial score (nSPS) is 16.9. The van der Waals surface area contributed by atoms with Crippen molar-refractivity contribution in [3.63, 3.8) is 0 Å². The number of aromatic nitrogens is 2. The van der Waals surface area contributed by atoms with E-state index in [1.54, 1.807) is 16.0 Å². The maximum atomic E-state index is 5.64. The first-order chi connectivity index (χ1) is 11.2. The largest absolute Gasteiger partial charge is 0.408 e.